The van der Waals surface area contributed by atoms with E-state index in [0.29, 0.717) is 12.8 Å². The van der Waals surface area contributed by atoms with Gasteiger partial charge in [0.25, 0.3) is 0 Å². The van der Waals surface area contributed by atoms with Gasteiger partial charge in [0.05, 0.1) is 5.56 Å². The molecule has 2 rings (SSSR count). The highest BCUT2D eigenvalue weighted by molar-refractivity contribution is 6.32. The van der Waals surface area contributed by atoms with Gasteiger partial charge in [-0.05, 0) is 42.0 Å². The summed E-state index contributed by atoms with van der Waals surface area (Å²) in [5, 5.41) is 7.27. The number of carbonyl (C=O) groups is 1. The molecule has 0 bridgehead atoms. The smallest absolute Gasteiger partial charge is 0.416 e. The van der Waals surface area contributed by atoms with E-state index in [9.17, 15) is 18.0 Å². The zero-order chi connectivity index (χ0) is 16.5. The van der Waals surface area contributed by atoms with Crippen LogP contribution < -0.4 is 0 Å². The molecule has 1 unspecified atom stereocenters. The molecule has 1 aliphatic carbocycles. The first-order valence-corrected chi connectivity index (χ1v) is 7.80. The van der Waals surface area contributed by atoms with Crippen molar-refractivity contribution in [3.63, 3.8) is 0 Å². The zero-order valence-corrected chi connectivity index (χ0v) is 13.1. The lowest BCUT2D eigenvalue weighted by Crippen LogP contribution is -2.16. The molecule has 0 amide bonds. The number of halogens is 5. The minimum absolute atomic E-state index is 0.0522. The van der Waals surface area contributed by atoms with Gasteiger partial charge in [-0.2, -0.15) is 13.2 Å². The van der Waals surface area contributed by atoms with Gasteiger partial charge in [-0.1, -0.05) is 30.9 Å². The molecule has 0 saturated heterocycles. The van der Waals surface area contributed by atoms with Gasteiger partial charge in [0.1, 0.15) is 0 Å². The molecule has 0 spiro atoms. The van der Waals surface area contributed by atoms with Gasteiger partial charge >= 0.3 is 12.1 Å². The van der Waals surface area contributed by atoms with E-state index < -0.39 is 23.1 Å². The van der Waals surface area contributed by atoms with Gasteiger partial charge in [0.2, 0.25) is 0 Å². The summed E-state index contributed by atoms with van der Waals surface area (Å²) >= 11 is 11.7. The van der Waals surface area contributed by atoms with Crippen molar-refractivity contribution in [1.29, 1.82) is 0 Å². The van der Waals surface area contributed by atoms with Gasteiger partial charge in [-0.3, -0.25) is 4.79 Å². The Kier molecular flexibility index (Phi) is 5.28. The molecule has 0 radical (unpaired) electrons. The Morgan fingerprint density at radius 1 is 1.23 bits per heavy atom. The third kappa shape index (κ3) is 3.69. The van der Waals surface area contributed by atoms with Gasteiger partial charge in [0, 0.05) is 5.02 Å². The first-order chi connectivity index (χ1) is 10.2. The molecule has 1 N–H and O–H groups in total. The molecule has 2 nitrogen and oxygen atoms in total. The molecule has 1 saturated carbocycles. The fourth-order valence-corrected chi connectivity index (χ4v) is 3.48. The summed E-state index contributed by atoms with van der Waals surface area (Å²) in [5.74, 6) is -1.65. The third-order valence-corrected chi connectivity index (χ3v) is 4.73. The maximum Gasteiger partial charge on any atom is 0.416 e. The number of aliphatic carboxylic acids is 1. The fraction of sp³-hybridized carbons (Fsp3) is 0.533. The summed E-state index contributed by atoms with van der Waals surface area (Å²) in [7, 11) is 0. The normalized spacial score (nSPS) is 18.2. The maximum absolute atomic E-state index is 13.4. The van der Waals surface area contributed by atoms with Gasteiger partial charge < -0.3 is 5.11 Å². The van der Waals surface area contributed by atoms with Gasteiger partial charge in [-0.15, -0.1) is 11.6 Å². The molecule has 1 aliphatic rings. The number of hydrogen-bond acceptors (Lipinski definition) is 1. The molecule has 122 valence electrons. The topological polar surface area (TPSA) is 37.3 Å². The standard InChI is InChI=1S/C15H15Cl2F3O2/c16-11-7-9(13(17)14(21)22)6-10(15(18,19)20)12(11)8-4-2-1-3-5-8/h6-8,13H,1-5H2,(H,21,22). The monoisotopic (exact) mass is 354 g/mol. The summed E-state index contributed by atoms with van der Waals surface area (Å²) < 4.78 is 40.1. The number of carboxylic acid groups (broad SMARTS) is 1. The van der Waals surface area contributed by atoms with Crippen LogP contribution in [0.5, 0.6) is 0 Å². The van der Waals surface area contributed by atoms with Crippen LogP contribution in [0.1, 0.15) is 60.1 Å². The predicted octanol–water partition coefficient (Wildman–Crippen LogP) is 5.77. The van der Waals surface area contributed by atoms with E-state index in [4.69, 9.17) is 28.3 Å². The first-order valence-electron chi connectivity index (χ1n) is 6.99. The molecule has 0 heterocycles. The summed E-state index contributed by atoms with van der Waals surface area (Å²) in [4.78, 5) is 10.9. The van der Waals surface area contributed by atoms with Crippen molar-refractivity contribution in [2.45, 2.75) is 49.6 Å². The lowest BCUT2D eigenvalue weighted by atomic mass is 9.81. The summed E-state index contributed by atoms with van der Waals surface area (Å²) in [5.41, 5.74) is -0.938. The lowest BCUT2D eigenvalue weighted by Gasteiger charge is -2.27. The number of hydrogen-bond donors (Lipinski definition) is 1. The molecule has 1 aromatic rings. The molecule has 1 aromatic carbocycles. The number of rotatable bonds is 3. The molecular formula is C15H15Cl2F3O2. The van der Waals surface area contributed by atoms with E-state index in [1.165, 1.54) is 6.07 Å². The van der Waals surface area contributed by atoms with E-state index in [2.05, 4.69) is 0 Å². The Balaban J connectivity index is 2.55. The van der Waals surface area contributed by atoms with E-state index in [-0.39, 0.29) is 22.1 Å². The van der Waals surface area contributed by atoms with E-state index in [0.717, 1.165) is 25.3 Å². The minimum Gasteiger partial charge on any atom is -0.480 e. The van der Waals surface area contributed by atoms with Gasteiger partial charge in [-0.25, -0.2) is 0 Å². The van der Waals surface area contributed by atoms with Crippen molar-refractivity contribution >= 4 is 29.2 Å². The summed E-state index contributed by atoms with van der Waals surface area (Å²) in [6.45, 7) is 0. The minimum atomic E-state index is -4.60. The van der Waals surface area contributed by atoms with Crippen LogP contribution in [0.25, 0.3) is 0 Å². The molecule has 1 atom stereocenters. The van der Waals surface area contributed by atoms with Crippen LogP contribution in [0.4, 0.5) is 13.2 Å². The zero-order valence-electron chi connectivity index (χ0n) is 11.6. The Labute approximate surface area is 136 Å². The van der Waals surface area contributed by atoms with Crippen LogP contribution in [-0.2, 0) is 11.0 Å². The summed E-state index contributed by atoms with van der Waals surface area (Å²) in [6.07, 6.45) is -0.533. The van der Waals surface area contributed by atoms with Crippen LogP contribution in [0.15, 0.2) is 12.1 Å². The quantitative estimate of drug-likeness (QED) is 0.699. The largest absolute Gasteiger partial charge is 0.480 e. The number of carboxylic acids is 1. The molecule has 1 fully saturated rings. The Morgan fingerprint density at radius 2 is 1.82 bits per heavy atom. The van der Waals surface area contributed by atoms with E-state index >= 15 is 0 Å². The van der Waals surface area contributed by atoms with E-state index in [1.807, 2.05) is 0 Å². The van der Waals surface area contributed by atoms with Crippen LogP contribution >= 0.6 is 23.2 Å². The van der Waals surface area contributed by atoms with Crippen molar-refractivity contribution < 1.29 is 23.1 Å². The molecule has 0 aromatic heterocycles. The van der Waals surface area contributed by atoms with Crippen molar-refractivity contribution in [2.24, 2.45) is 0 Å². The van der Waals surface area contributed by atoms with Crippen LogP contribution in [0.3, 0.4) is 0 Å². The van der Waals surface area contributed by atoms with Crippen LogP contribution in [0.2, 0.25) is 5.02 Å². The Bertz CT molecular complexity index is 567. The Hall–Kier alpha value is -0.940. The van der Waals surface area contributed by atoms with Crippen LogP contribution in [0, 0.1) is 0 Å². The second-order valence-electron chi connectivity index (χ2n) is 5.50. The number of alkyl halides is 4. The second-order valence-corrected chi connectivity index (χ2v) is 6.34. The third-order valence-electron chi connectivity index (χ3n) is 3.98. The average molecular weight is 355 g/mol. The van der Waals surface area contributed by atoms with Crippen molar-refractivity contribution in [1.82, 2.24) is 0 Å². The average Bonchev–Trinajstić information content (AvgIpc) is 2.45. The summed E-state index contributed by atoms with van der Waals surface area (Å²) in [6, 6.07) is 2.06. The predicted molar refractivity (Wildman–Crippen MR) is 78.5 cm³/mol. The maximum atomic E-state index is 13.4. The highest BCUT2D eigenvalue weighted by Crippen LogP contribution is 2.45. The lowest BCUT2D eigenvalue weighted by molar-refractivity contribution is -0.139. The highest BCUT2D eigenvalue weighted by atomic mass is 35.5. The van der Waals surface area contributed by atoms with Gasteiger partial charge in [0.15, 0.2) is 5.38 Å². The molecule has 7 heteroatoms. The van der Waals surface area contributed by atoms with Crippen molar-refractivity contribution in [3.05, 3.63) is 33.8 Å². The van der Waals surface area contributed by atoms with Crippen LogP contribution in [-0.4, -0.2) is 11.1 Å². The first kappa shape index (κ1) is 17.4. The molecular weight excluding hydrogens is 340 g/mol. The van der Waals surface area contributed by atoms with Crippen molar-refractivity contribution in [2.75, 3.05) is 0 Å². The number of benzene rings is 1. The highest BCUT2D eigenvalue weighted by Gasteiger charge is 2.38. The molecule has 22 heavy (non-hydrogen) atoms. The van der Waals surface area contributed by atoms with E-state index in [1.54, 1.807) is 0 Å². The fourth-order valence-electron chi connectivity index (χ4n) is 2.97. The molecule has 0 aliphatic heterocycles. The Morgan fingerprint density at radius 3 is 2.32 bits per heavy atom. The SMILES string of the molecule is O=C(O)C(Cl)c1cc(Cl)c(C2CCCCC2)c(C(F)(F)F)c1. The van der Waals surface area contributed by atoms with Crippen molar-refractivity contribution in [3.8, 4) is 0 Å². The second kappa shape index (κ2) is 6.67.